The Morgan fingerprint density at radius 2 is 1.77 bits per heavy atom. The van der Waals surface area contributed by atoms with Crippen molar-refractivity contribution in [2.75, 3.05) is 0 Å². The van der Waals surface area contributed by atoms with Crippen molar-refractivity contribution < 1.29 is 12.9 Å². The molecule has 0 amide bonds. The van der Waals surface area contributed by atoms with Crippen LogP contribution in [0.25, 0.3) is 11.4 Å². The van der Waals surface area contributed by atoms with Gasteiger partial charge in [0.25, 0.3) is 0 Å². The van der Waals surface area contributed by atoms with E-state index in [1.54, 1.807) is 32.0 Å². The summed E-state index contributed by atoms with van der Waals surface area (Å²) in [4.78, 5) is 4.48. The molecule has 0 aliphatic carbocycles. The van der Waals surface area contributed by atoms with E-state index in [1.807, 2.05) is 25.1 Å². The van der Waals surface area contributed by atoms with E-state index in [9.17, 15) is 8.42 Å². The molecule has 26 heavy (non-hydrogen) atoms. The summed E-state index contributed by atoms with van der Waals surface area (Å²) in [5.74, 6) is 0.471. The summed E-state index contributed by atoms with van der Waals surface area (Å²) in [6.07, 6.45) is 0. The molecule has 3 rings (SSSR count). The average molecular weight is 392 g/mol. The van der Waals surface area contributed by atoms with Crippen LogP contribution in [0.2, 0.25) is 5.02 Å². The van der Waals surface area contributed by atoms with Crippen molar-refractivity contribution in [3.05, 3.63) is 64.0 Å². The van der Waals surface area contributed by atoms with Crippen molar-refractivity contribution in [2.24, 2.45) is 0 Å². The van der Waals surface area contributed by atoms with Crippen LogP contribution < -0.4 is 4.72 Å². The molecule has 0 atom stereocenters. The molecular formula is C18H18ClN3O3S. The first-order chi connectivity index (χ1) is 12.3. The molecule has 6 nitrogen and oxygen atoms in total. The quantitative estimate of drug-likeness (QED) is 0.715. The number of rotatable bonds is 5. The molecule has 0 aliphatic heterocycles. The SMILES string of the molecule is Cc1cc(C)c(S(=O)(=O)NCc2nc(-c3ccccc3Cl)no2)c(C)c1. The van der Waals surface area contributed by atoms with Crippen LogP contribution in [0.5, 0.6) is 0 Å². The van der Waals surface area contributed by atoms with Crippen LogP contribution in [0.4, 0.5) is 0 Å². The van der Waals surface area contributed by atoms with Crippen molar-refractivity contribution in [3.8, 4) is 11.4 Å². The Morgan fingerprint density at radius 1 is 1.12 bits per heavy atom. The number of aryl methyl sites for hydroxylation is 3. The molecule has 136 valence electrons. The standard InChI is InChI=1S/C18H18ClN3O3S/c1-11-8-12(2)17(13(3)9-11)26(23,24)20-10-16-21-18(22-25-16)14-6-4-5-7-15(14)19/h4-9,20H,10H2,1-3H3. The number of sulfonamides is 1. The maximum absolute atomic E-state index is 12.7. The van der Waals surface area contributed by atoms with E-state index in [4.69, 9.17) is 16.1 Å². The maximum Gasteiger partial charge on any atom is 0.242 e. The third-order valence-electron chi connectivity index (χ3n) is 3.87. The van der Waals surface area contributed by atoms with E-state index >= 15 is 0 Å². The largest absolute Gasteiger partial charge is 0.338 e. The second kappa shape index (κ2) is 7.19. The second-order valence-electron chi connectivity index (χ2n) is 6.04. The minimum atomic E-state index is -3.70. The lowest BCUT2D eigenvalue weighted by Crippen LogP contribution is -2.25. The van der Waals surface area contributed by atoms with Gasteiger partial charge in [0.1, 0.15) is 0 Å². The number of hydrogen-bond donors (Lipinski definition) is 1. The molecule has 0 spiro atoms. The molecule has 0 fully saturated rings. The molecule has 1 aromatic heterocycles. The second-order valence-corrected chi connectivity index (χ2v) is 8.15. The van der Waals surface area contributed by atoms with Crippen molar-refractivity contribution in [1.29, 1.82) is 0 Å². The molecular weight excluding hydrogens is 374 g/mol. The van der Waals surface area contributed by atoms with E-state index in [1.165, 1.54) is 0 Å². The minimum Gasteiger partial charge on any atom is -0.338 e. The number of aromatic nitrogens is 2. The summed E-state index contributed by atoms with van der Waals surface area (Å²) >= 11 is 6.11. The lowest BCUT2D eigenvalue weighted by molar-refractivity contribution is 0.376. The predicted octanol–water partition coefficient (Wildman–Crippen LogP) is 3.79. The van der Waals surface area contributed by atoms with Gasteiger partial charge >= 0.3 is 0 Å². The third kappa shape index (κ3) is 3.80. The van der Waals surface area contributed by atoms with Crippen LogP contribution in [0.15, 0.2) is 45.8 Å². The van der Waals surface area contributed by atoms with E-state index in [-0.39, 0.29) is 17.3 Å². The monoisotopic (exact) mass is 391 g/mol. The number of halogens is 1. The molecule has 1 heterocycles. The lowest BCUT2D eigenvalue weighted by atomic mass is 10.1. The zero-order valence-corrected chi connectivity index (χ0v) is 16.1. The highest BCUT2D eigenvalue weighted by Gasteiger charge is 2.21. The van der Waals surface area contributed by atoms with E-state index < -0.39 is 10.0 Å². The molecule has 1 N–H and O–H groups in total. The van der Waals surface area contributed by atoms with Crippen molar-refractivity contribution in [3.63, 3.8) is 0 Å². The minimum absolute atomic E-state index is 0.105. The number of hydrogen-bond acceptors (Lipinski definition) is 5. The molecule has 3 aromatic rings. The molecule has 2 aromatic carbocycles. The summed E-state index contributed by atoms with van der Waals surface area (Å²) in [6, 6.07) is 10.8. The maximum atomic E-state index is 12.7. The Hall–Kier alpha value is -2.22. The van der Waals surface area contributed by atoms with Gasteiger partial charge in [0, 0.05) is 5.56 Å². The van der Waals surface area contributed by atoms with E-state index in [2.05, 4.69) is 14.9 Å². The van der Waals surface area contributed by atoms with E-state index in [0.29, 0.717) is 27.5 Å². The molecule has 0 saturated carbocycles. The Balaban J connectivity index is 1.81. The summed E-state index contributed by atoms with van der Waals surface area (Å²) < 4.78 is 33.0. The highest BCUT2D eigenvalue weighted by molar-refractivity contribution is 7.89. The van der Waals surface area contributed by atoms with Gasteiger partial charge in [0.15, 0.2) is 0 Å². The summed E-state index contributed by atoms with van der Waals surface area (Å²) in [7, 11) is -3.70. The fourth-order valence-electron chi connectivity index (χ4n) is 2.90. The van der Waals surface area contributed by atoms with Crippen molar-refractivity contribution in [2.45, 2.75) is 32.2 Å². The van der Waals surface area contributed by atoms with Crippen LogP contribution in [-0.4, -0.2) is 18.6 Å². The van der Waals surface area contributed by atoms with E-state index in [0.717, 1.165) is 5.56 Å². The number of nitrogens with zero attached hydrogens (tertiary/aromatic N) is 2. The number of nitrogens with one attached hydrogen (secondary N) is 1. The van der Waals surface area contributed by atoms with Crippen LogP contribution in [0.1, 0.15) is 22.6 Å². The first-order valence-corrected chi connectivity index (χ1v) is 9.79. The van der Waals surface area contributed by atoms with Crippen LogP contribution in [0, 0.1) is 20.8 Å². The molecule has 0 unspecified atom stereocenters. The topological polar surface area (TPSA) is 85.1 Å². The van der Waals surface area contributed by atoms with Gasteiger partial charge in [0.2, 0.25) is 21.7 Å². The number of benzene rings is 2. The average Bonchev–Trinajstić information content (AvgIpc) is 3.01. The normalized spacial score (nSPS) is 11.7. The van der Waals surface area contributed by atoms with Gasteiger partial charge in [-0.3, -0.25) is 0 Å². The fourth-order valence-corrected chi connectivity index (χ4v) is 4.54. The first-order valence-electron chi connectivity index (χ1n) is 7.93. The lowest BCUT2D eigenvalue weighted by Gasteiger charge is -2.12. The zero-order valence-electron chi connectivity index (χ0n) is 14.6. The van der Waals surface area contributed by atoms with Gasteiger partial charge in [-0.1, -0.05) is 46.6 Å². The predicted molar refractivity (Wildman–Crippen MR) is 99.4 cm³/mol. The molecule has 0 bridgehead atoms. The highest BCUT2D eigenvalue weighted by Crippen LogP contribution is 2.25. The van der Waals surface area contributed by atoms with Gasteiger partial charge in [-0.2, -0.15) is 4.98 Å². The van der Waals surface area contributed by atoms with Gasteiger partial charge < -0.3 is 4.52 Å². The van der Waals surface area contributed by atoms with Crippen molar-refractivity contribution >= 4 is 21.6 Å². The molecule has 8 heteroatoms. The first kappa shape index (κ1) is 18.6. The summed E-state index contributed by atoms with van der Waals surface area (Å²) in [6.45, 7) is 5.37. The Morgan fingerprint density at radius 3 is 2.42 bits per heavy atom. The zero-order chi connectivity index (χ0) is 18.9. The fraction of sp³-hybridized carbons (Fsp3) is 0.222. The van der Waals surface area contributed by atoms with Crippen LogP contribution >= 0.6 is 11.6 Å². The van der Waals surface area contributed by atoms with Crippen LogP contribution in [0.3, 0.4) is 0 Å². The van der Waals surface area contributed by atoms with Crippen LogP contribution in [-0.2, 0) is 16.6 Å². The Bertz CT molecular complexity index is 1040. The van der Waals surface area contributed by atoms with Gasteiger partial charge in [-0.25, -0.2) is 13.1 Å². The Kier molecular flexibility index (Phi) is 5.13. The molecule has 0 aliphatic rings. The van der Waals surface area contributed by atoms with Gasteiger partial charge in [0.05, 0.1) is 16.5 Å². The third-order valence-corrected chi connectivity index (χ3v) is 5.91. The van der Waals surface area contributed by atoms with Gasteiger partial charge in [-0.05, 0) is 44.0 Å². The summed E-state index contributed by atoms with van der Waals surface area (Å²) in [5.41, 5.74) is 3.02. The molecule has 0 radical (unpaired) electrons. The van der Waals surface area contributed by atoms with Crippen molar-refractivity contribution in [1.82, 2.24) is 14.9 Å². The smallest absolute Gasteiger partial charge is 0.242 e. The Labute approximate surface area is 157 Å². The summed E-state index contributed by atoms with van der Waals surface area (Å²) in [5, 5.41) is 4.35. The highest BCUT2D eigenvalue weighted by atomic mass is 35.5. The van der Waals surface area contributed by atoms with Gasteiger partial charge in [-0.15, -0.1) is 0 Å². The molecule has 0 saturated heterocycles.